The maximum absolute atomic E-state index is 13.4. The van der Waals surface area contributed by atoms with Crippen molar-refractivity contribution in [3.63, 3.8) is 0 Å². The molecule has 2 atom stereocenters. The molecule has 1 amide bonds. The number of benzene rings is 3. The molecule has 3 aliphatic rings. The number of nitrogens with one attached hydrogen (secondary N) is 2. The van der Waals surface area contributed by atoms with E-state index in [1.165, 1.54) is 13.1 Å². The Hall–Kier alpha value is -3.82. The van der Waals surface area contributed by atoms with Crippen molar-refractivity contribution in [3.8, 4) is 17.2 Å². The van der Waals surface area contributed by atoms with Gasteiger partial charge in [-0.1, -0.05) is 35.9 Å². The molecule has 6 rings (SSSR count). The quantitative estimate of drug-likeness (QED) is 0.530. The SMILES string of the molecule is CNS(=O)(=O)c1ccc2c(c1)C(C1C(Cc3cc(OC)c4c(c3)OCO4)=Cc3ccccc31)C(=O)N2. The number of rotatable bonds is 6. The van der Waals surface area contributed by atoms with Gasteiger partial charge < -0.3 is 19.5 Å². The third-order valence-electron chi connectivity index (χ3n) is 7.01. The number of sulfonamides is 1. The Kier molecular flexibility index (Phi) is 5.27. The Morgan fingerprint density at radius 3 is 2.69 bits per heavy atom. The predicted octanol–water partition coefficient (Wildman–Crippen LogP) is 3.79. The zero-order chi connectivity index (χ0) is 25.0. The summed E-state index contributed by atoms with van der Waals surface area (Å²) in [4.78, 5) is 13.5. The highest BCUT2D eigenvalue weighted by Crippen LogP contribution is 2.51. The number of carbonyl (C=O) groups is 1. The Bertz CT molecular complexity index is 1550. The topological polar surface area (TPSA) is 103 Å². The lowest BCUT2D eigenvalue weighted by atomic mass is 9.78. The highest BCUT2D eigenvalue weighted by atomic mass is 32.2. The van der Waals surface area contributed by atoms with Crippen LogP contribution in [0.25, 0.3) is 6.08 Å². The van der Waals surface area contributed by atoms with Gasteiger partial charge in [0.15, 0.2) is 11.5 Å². The number of allylic oxidation sites excluding steroid dienone is 1. The van der Waals surface area contributed by atoms with Crippen molar-refractivity contribution in [3.05, 3.63) is 82.4 Å². The summed E-state index contributed by atoms with van der Waals surface area (Å²) in [6.45, 7) is 0.142. The lowest BCUT2D eigenvalue weighted by Crippen LogP contribution is -2.21. The van der Waals surface area contributed by atoms with Gasteiger partial charge in [-0.05, 0) is 66.1 Å². The summed E-state index contributed by atoms with van der Waals surface area (Å²) in [5.74, 6) is 0.828. The van der Waals surface area contributed by atoms with Gasteiger partial charge in [-0.15, -0.1) is 0 Å². The van der Waals surface area contributed by atoms with E-state index in [0.29, 0.717) is 34.9 Å². The van der Waals surface area contributed by atoms with E-state index in [1.807, 2.05) is 36.4 Å². The number of hydrogen-bond acceptors (Lipinski definition) is 6. The zero-order valence-corrected chi connectivity index (χ0v) is 20.5. The van der Waals surface area contributed by atoms with Crippen LogP contribution in [0.5, 0.6) is 17.2 Å². The van der Waals surface area contributed by atoms with E-state index in [1.54, 1.807) is 19.2 Å². The van der Waals surface area contributed by atoms with Gasteiger partial charge in [-0.3, -0.25) is 4.79 Å². The summed E-state index contributed by atoms with van der Waals surface area (Å²) >= 11 is 0. The fourth-order valence-electron chi connectivity index (χ4n) is 5.37. The number of fused-ring (bicyclic) bond motifs is 3. The third-order valence-corrected chi connectivity index (χ3v) is 8.42. The monoisotopic (exact) mass is 504 g/mol. The van der Waals surface area contributed by atoms with Crippen LogP contribution in [-0.2, 0) is 21.2 Å². The minimum absolute atomic E-state index is 0.127. The van der Waals surface area contributed by atoms with Crippen LogP contribution in [0, 0.1) is 0 Å². The van der Waals surface area contributed by atoms with Crippen molar-refractivity contribution in [1.82, 2.24) is 4.72 Å². The average Bonchev–Trinajstić information content (AvgIpc) is 3.57. The highest BCUT2D eigenvalue weighted by molar-refractivity contribution is 7.89. The molecular formula is C27H24N2O6S. The lowest BCUT2D eigenvalue weighted by Gasteiger charge is -2.23. The molecule has 8 nitrogen and oxygen atoms in total. The van der Waals surface area contributed by atoms with E-state index >= 15 is 0 Å². The van der Waals surface area contributed by atoms with Crippen LogP contribution in [-0.4, -0.2) is 35.3 Å². The standard InChI is InChI=1S/C27H24N2O6S/c1-28-36(31,32)18-7-8-21-20(13-18)25(27(30)29-21)24-17(12-16-5-3-4-6-19(16)24)9-15-10-22(33-2)26-23(11-15)34-14-35-26/h3-8,10-13,24-25,28H,9,14H2,1-2H3,(H,29,30). The van der Waals surface area contributed by atoms with Crippen LogP contribution in [0.1, 0.15) is 34.1 Å². The van der Waals surface area contributed by atoms with E-state index in [2.05, 4.69) is 16.1 Å². The Balaban J connectivity index is 1.44. The minimum Gasteiger partial charge on any atom is -0.493 e. The second-order valence-corrected chi connectivity index (χ2v) is 10.8. The first-order valence-electron chi connectivity index (χ1n) is 11.5. The number of carbonyl (C=O) groups excluding carboxylic acids is 1. The molecule has 0 saturated heterocycles. The molecule has 3 aromatic rings. The fraction of sp³-hybridized carbons (Fsp3) is 0.222. The van der Waals surface area contributed by atoms with Gasteiger partial charge in [-0.25, -0.2) is 13.1 Å². The average molecular weight is 505 g/mol. The molecule has 0 radical (unpaired) electrons. The first-order chi connectivity index (χ1) is 17.4. The van der Waals surface area contributed by atoms with E-state index in [0.717, 1.165) is 22.3 Å². The van der Waals surface area contributed by atoms with Crippen molar-refractivity contribution in [1.29, 1.82) is 0 Å². The summed E-state index contributed by atoms with van der Waals surface area (Å²) < 4.78 is 44.0. The van der Waals surface area contributed by atoms with Gasteiger partial charge in [-0.2, -0.15) is 0 Å². The van der Waals surface area contributed by atoms with Crippen molar-refractivity contribution in [2.24, 2.45) is 0 Å². The van der Waals surface area contributed by atoms with Gasteiger partial charge in [0.25, 0.3) is 0 Å². The van der Waals surface area contributed by atoms with E-state index < -0.39 is 15.9 Å². The fourth-order valence-corrected chi connectivity index (χ4v) is 6.14. The molecular weight excluding hydrogens is 480 g/mol. The second-order valence-electron chi connectivity index (χ2n) is 8.96. The van der Waals surface area contributed by atoms with E-state index in [4.69, 9.17) is 14.2 Å². The smallest absolute Gasteiger partial charge is 0.240 e. The zero-order valence-electron chi connectivity index (χ0n) is 19.7. The molecule has 2 N–H and O–H groups in total. The number of methoxy groups -OCH3 is 1. The van der Waals surface area contributed by atoms with Gasteiger partial charge >= 0.3 is 0 Å². The number of anilines is 1. The summed E-state index contributed by atoms with van der Waals surface area (Å²) in [5, 5.41) is 2.95. The molecule has 0 saturated carbocycles. The molecule has 0 aromatic heterocycles. The number of ether oxygens (including phenoxy) is 3. The maximum atomic E-state index is 13.4. The summed E-state index contributed by atoms with van der Waals surface area (Å²) in [7, 11) is -0.703. The first-order valence-corrected chi connectivity index (χ1v) is 13.0. The molecule has 0 fully saturated rings. The molecule has 184 valence electrons. The number of hydrogen-bond donors (Lipinski definition) is 2. The molecule has 3 aromatic carbocycles. The molecule has 36 heavy (non-hydrogen) atoms. The van der Waals surface area contributed by atoms with Crippen LogP contribution in [0.4, 0.5) is 5.69 Å². The summed E-state index contributed by atoms with van der Waals surface area (Å²) in [6.07, 6.45) is 2.68. The Morgan fingerprint density at radius 1 is 1.06 bits per heavy atom. The lowest BCUT2D eigenvalue weighted by molar-refractivity contribution is -0.117. The molecule has 2 heterocycles. The van der Waals surface area contributed by atoms with Gasteiger partial charge in [0.05, 0.1) is 17.9 Å². The molecule has 1 aliphatic carbocycles. The second kappa shape index (κ2) is 8.39. The van der Waals surface area contributed by atoms with Gasteiger partial charge in [0, 0.05) is 11.6 Å². The van der Waals surface area contributed by atoms with Crippen molar-refractivity contribution in [2.45, 2.75) is 23.2 Å². The molecule has 2 unspecified atom stereocenters. The Morgan fingerprint density at radius 2 is 1.89 bits per heavy atom. The van der Waals surface area contributed by atoms with Crippen molar-refractivity contribution >= 4 is 27.7 Å². The first kappa shape index (κ1) is 22.6. The normalized spacial score (nSPS) is 19.5. The van der Waals surface area contributed by atoms with Crippen LogP contribution in [0.15, 0.2) is 65.1 Å². The van der Waals surface area contributed by atoms with E-state index in [9.17, 15) is 13.2 Å². The predicted molar refractivity (Wildman–Crippen MR) is 134 cm³/mol. The van der Waals surface area contributed by atoms with Crippen molar-refractivity contribution in [2.75, 3.05) is 26.3 Å². The van der Waals surface area contributed by atoms with Gasteiger partial charge in [0.2, 0.25) is 28.5 Å². The van der Waals surface area contributed by atoms with Crippen LogP contribution < -0.4 is 24.2 Å². The number of amides is 1. The van der Waals surface area contributed by atoms with Crippen LogP contribution >= 0.6 is 0 Å². The molecule has 0 bridgehead atoms. The van der Waals surface area contributed by atoms with Crippen LogP contribution in [0.2, 0.25) is 0 Å². The van der Waals surface area contributed by atoms with E-state index in [-0.39, 0.29) is 23.5 Å². The summed E-state index contributed by atoms with van der Waals surface area (Å²) in [6, 6.07) is 16.6. The Labute approximate surface area is 208 Å². The molecule has 2 aliphatic heterocycles. The largest absolute Gasteiger partial charge is 0.493 e. The third kappa shape index (κ3) is 3.54. The van der Waals surface area contributed by atoms with Gasteiger partial charge in [0.1, 0.15) is 0 Å². The van der Waals surface area contributed by atoms with Crippen LogP contribution in [0.3, 0.4) is 0 Å². The highest BCUT2D eigenvalue weighted by Gasteiger charge is 2.42. The molecule has 9 heteroatoms. The van der Waals surface area contributed by atoms with Crippen molar-refractivity contribution < 1.29 is 27.4 Å². The minimum atomic E-state index is -3.66. The molecule has 0 spiro atoms. The maximum Gasteiger partial charge on any atom is 0.240 e. The summed E-state index contributed by atoms with van der Waals surface area (Å²) in [5.41, 5.74) is 5.40.